The first-order chi connectivity index (χ1) is 8.68. The summed E-state index contributed by atoms with van der Waals surface area (Å²) >= 11 is 0. The van der Waals surface area contributed by atoms with Gasteiger partial charge in [0.1, 0.15) is 5.82 Å². The number of halogens is 1. The lowest BCUT2D eigenvalue weighted by molar-refractivity contribution is 0.0720. The molecule has 1 N–H and O–H groups in total. The highest BCUT2D eigenvalue weighted by Crippen LogP contribution is 2.15. The number of hydrogen-bond donors (Lipinski definition) is 1. The molecule has 1 saturated heterocycles. The molecule has 2 rings (SSSR count). The maximum absolute atomic E-state index is 12.8. The molecule has 1 unspecified atom stereocenters. The van der Waals surface area contributed by atoms with E-state index in [9.17, 15) is 9.18 Å². The molecule has 0 saturated carbocycles. The number of benzene rings is 1. The Hall–Kier alpha value is -1.42. The number of nitrogens with one attached hydrogen (secondary N) is 1. The van der Waals surface area contributed by atoms with Gasteiger partial charge in [0.15, 0.2) is 0 Å². The van der Waals surface area contributed by atoms with Crippen LogP contribution >= 0.6 is 0 Å². The van der Waals surface area contributed by atoms with Gasteiger partial charge < -0.3 is 10.2 Å². The van der Waals surface area contributed by atoms with Gasteiger partial charge in [0.25, 0.3) is 5.91 Å². The molecular formula is C14H19FN2O. The average Bonchev–Trinajstić information content (AvgIpc) is 2.67. The van der Waals surface area contributed by atoms with Crippen molar-refractivity contribution in [2.75, 3.05) is 20.1 Å². The van der Waals surface area contributed by atoms with E-state index in [1.807, 2.05) is 7.05 Å². The topological polar surface area (TPSA) is 32.3 Å². The fourth-order valence-electron chi connectivity index (χ4n) is 2.35. The predicted octanol–water partition coefficient (Wildman–Crippen LogP) is 2.04. The summed E-state index contributed by atoms with van der Waals surface area (Å²) in [5.41, 5.74) is 0.552. The van der Waals surface area contributed by atoms with Gasteiger partial charge in [0.05, 0.1) is 0 Å². The molecular weight excluding hydrogens is 231 g/mol. The Morgan fingerprint density at radius 3 is 2.72 bits per heavy atom. The number of nitrogens with zero attached hydrogens (tertiary/aromatic N) is 1. The molecule has 18 heavy (non-hydrogen) atoms. The van der Waals surface area contributed by atoms with Gasteiger partial charge in [-0.25, -0.2) is 4.39 Å². The first-order valence-corrected chi connectivity index (χ1v) is 6.42. The van der Waals surface area contributed by atoms with Crippen molar-refractivity contribution >= 4 is 5.91 Å². The molecule has 1 amide bonds. The van der Waals surface area contributed by atoms with E-state index in [1.165, 1.54) is 12.1 Å². The van der Waals surface area contributed by atoms with E-state index in [0.717, 1.165) is 32.4 Å². The summed E-state index contributed by atoms with van der Waals surface area (Å²) < 4.78 is 12.8. The third-order valence-electron chi connectivity index (χ3n) is 3.50. The van der Waals surface area contributed by atoms with Gasteiger partial charge >= 0.3 is 0 Å². The van der Waals surface area contributed by atoms with Crippen molar-refractivity contribution in [2.24, 2.45) is 0 Å². The van der Waals surface area contributed by atoms with Gasteiger partial charge in [0, 0.05) is 18.7 Å². The number of rotatable bonds is 2. The van der Waals surface area contributed by atoms with Gasteiger partial charge in [-0.3, -0.25) is 4.79 Å². The van der Waals surface area contributed by atoms with Crippen molar-refractivity contribution in [3.05, 3.63) is 35.6 Å². The average molecular weight is 250 g/mol. The monoisotopic (exact) mass is 250 g/mol. The van der Waals surface area contributed by atoms with Crippen LogP contribution in [-0.2, 0) is 0 Å². The quantitative estimate of drug-likeness (QED) is 0.871. The molecule has 0 bridgehead atoms. The highest BCUT2D eigenvalue weighted by atomic mass is 19.1. The molecule has 1 aliphatic rings. The molecule has 0 aromatic heterocycles. The highest BCUT2D eigenvalue weighted by Gasteiger charge is 2.21. The van der Waals surface area contributed by atoms with Gasteiger partial charge in [0.2, 0.25) is 0 Å². The minimum Gasteiger partial charge on any atom is -0.339 e. The molecule has 0 aliphatic carbocycles. The van der Waals surface area contributed by atoms with Gasteiger partial charge in [-0.05, 0) is 56.6 Å². The van der Waals surface area contributed by atoms with Crippen LogP contribution in [-0.4, -0.2) is 37.0 Å². The molecule has 98 valence electrons. The van der Waals surface area contributed by atoms with Crippen LogP contribution in [0.25, 0.3) is 0 Å². The molecule has 3 nitrogen and oxygen atoms in total. The minimum absolute atomic E-state index is 0.0260. The Bertz CT molecular complexity index is 397. The highest BCUT2D eigenvalue weighted by molar-refractivity contribution is 5.94. The zero-order valence-corrected chi connectivity index (χ0v) is 10.7. The second-order valence-corrected chi connectivity index (χ2v) is 4.76. The lowest BCUT2D eigenvalue weighted by atomic mass is 10.1. The fourth-order valence-corrected chi connectivity index (χ4v) is 2.35. The van der Waals surface area contributed by atoms with Crippen LogP contribution in [0.3, 0.4) is 0 Å². The van der Waals surface area contributed by atoms with Crippen LogP contribution in [0.4, 0.5) is 4.39 Å². The number of hydrogen-bond acceptors (Lipinski definition) is 2. The van der Waals surface area contributed by atoms with Crippen LogP contribution in [0, 0.1) is 5.82 Å². The zero-order chi connectivity index (χ0) is 13.0. The van der Waals surface area contributed by atoms with E-state index in [0.29, 0.717) is 5.56 Å². The van der Waals surface area contributed by atoms with Gasteiger partial charge in [-0.2, -0.15) is 0 Å². The van der Waals surface area contributed by atoms with E-state index < -0.39 is 0 Å². The van der Waals surface area contributed by atoms with Crippen LogP contribution in [0.15, 0.2) is 24.3 Å². The van der Waals surface area contributed by atoms with E-state index in [4.69, 9.17) is 0 Å². The molecule has 1 aromatic carbocycles. The second kappa shape index (κ2) is 5.96. The second-order valence-electron chi connectivity index (χ2n) is 4.76. The van der Waals surface area contributed by atoms with Crippen LogP contribution in [0.5, 0.6) is 0 Å². The molecule has 1 aromatic rings. The minimum atomic E-state index is -0.312. The lowest BCUT2D eigenvalue weighted by Crippen LogP contribution is -2.37. The summed E-state index contributed by atoms with van der Waals surface area (Å²) in [6.07, 6.45) is 3.09. The van der Waals surface area contributed by atoms with Gasteiger partial charge in [-0.15, -0.1) is 0 Å². The Balaban J connectivity index is 2.05. The Morgan fingerprint density at radius 1 is 1.28 bits per heavy atom. The number of carbonyl (C=O) groups excluding carboxylic acids is 1. The normalized spacial score (nSPS) is 20.2. The smallest absolute Gasteiger partial charge is 0.253 e. The lowest BCUT2D eigenvalue weighted by Gasteiger charge is -2.27. The first kappa shape index (κ1) is 13.0. The molecule has 4 heteroatoms. The maximum atomic E-state index is 12.8. The van der Waals surface area contributed by atoms with E-state index >= 15 is 0 Å². The third-order valence-corrected chi connectivity index (χ3v) is 3.50. The number of carbonyl (C=O) groups is 1. The van der Waals surface area contributed by atoms with Crippen molar-refractivity contribution in [2.45, 2.75) is 25.3 Å². The van der Waals surface area contributed by atoms with E-state index in [2.05, 4.69) is 5.32 Å². The molecule has 1 heterocycles. The summed E-state index contributed by atoms with van der Waals surface area (Å²) in [6, 6.07) is 6.02. The molecule has 1 atom stereocenters. The number of amides is 1. The van der Waals surface area contributed by atoms with E-state index in [-0.39, 0.29) is 17.8 Å². The third kappa shape index (κ3) is 3.07. The predicted molar refractivity (Wildman–Crippen MR) is 69.0 cm³/mol. The summed E-state index contributed by atoms with van der Waals surface area (Å²) in [7, 11) is 1.83. The largest absolute Gasteiger partial charge is 0.339 e. The van der Waals surface area contributed by atoms with Crippen molar-refractivity contribution < 1.29 is 9.18 Å². The SMILES string of the molecule is CN(C(=O)c1ccc(F)cc1)C1CCCNCC1. The Kier molecular flexibility index (Phi) is 4.31. The fraction of sp³-hybridized carbons (Fsp3) is 0.500. The van der Waals surface area contributed by atoms with E-state index in [1.54, 1.807) is 17.0 Å². The Labute approximate surface area is 107 Å². The summed E-state index contributed by atoms with van der Waals surface area (Å²) in [5.74, 6) is -0.338. The summed E-state index contributed by atoms with van der Waals surface area (Å²) in [5, 5.41) is 3.33. The first-order valence-electron chi connectivity index (χ1n) is 6.42. The Morgan fingerprint density at radius 2 is 2.00 bits per heavy atom. The van der Waals surface area contributed by atoms with Crippen molar-refractivity contribution in [3.8, 4) is 0 Å². The van der Waals surface area contributed by atoms with Crippen LogP contribution in [0.1, 0.15) is 29.6 Å². The van der Waals surface area contributed by atoms with Crippen molar-refractivity contribution in [3.63, 3.8) is 0 Å². The summed E-state index contributed by atoms with van der Waals surface area (Å²) in [6.45, 7) is 1.97. The molecule has 0 radical (unpaired) electrons. The maximum Gasteiger partial charge on any atom is 0.253 e. The standard InChI is InChI=1S/C14H19FN2O/c1-17(13-3-2-9-16-10-8-13)14(18)11-4-6-12(15)7-5-11/h4-7,13,16H,2-3,8-10H2,1H3. The zero-order valence-electron chi connectivity index (χ0n) is 10.7. The molecule has 1 aliphatic heterocycles. The molecule has 1 fully saturated rings. The molecule has 0 spiro atoms. The van der Waals surface area contributed by atoms with Crippen LogP contribution < -0.4 is 5.32 Å². The van der Waals surface area contributed by atoms with Crippen molar-refractivity contribution in [1.82, 2.24) is 10.2 Å². The van der Waals surface area contributed by atoms with Crippen LogP contribution in [0.2, 0.25) is 0 Å². The van der Waals surface area contributed by atoms with Crippen molar-refractivity contribution in [1.29, 1.82) is 0 Å². The summed E-state index contributed by atoms with van der Waals surface area (Å²) in [4.78, 5) is 14.0. The van der Waals surface area contributed by atoms with Gasteiger partial charge in [-0.1, -0.05) is 0 Å².